The molecule has 1 unspecified atom stereocenters. The molecule has 0 bridgehead atoms. The van der Waals surface area contributed by atoms with E-state index in [1.165, 1.54) is 0 Å². The molecule has 1 aromatic rings. The lowest BCUT2D eigenvalue weighted by Gasteiger charge is -2.13. The van der Waals surface area contributed by atoms with E-state index in [0.29, 0.717) is 0 Å². The summed E-state index contributed by atoms with van der Waals surface area (Å²) in [4.78, 5) is -1.60. The van der Waals surface area contributed by atoms with Gasteiger partial charge in [-0.2, -0.15) is 13.2 Å². The molecule has 1 atom stereocenters. The molecule has 0 aliphatic heterocycles. The highest BCUT2D eigenvalue weighted by Gasteiger charge is 2.37. The molecule has 1 nitrogen and oxygen atoms in total. The van der Waals surface area contributed by atoms with Gasteiger partial charge in [-0.25, -0.2) is 0 Å². The molecule has 0 saturated heterocycles. The monoisotopic (exact) mass is 282 g/mol. The predicted molar refractivity (Wildman–Crippen MR) is 54.9 cm³/mol. The smallest absolute Gasteiger partial charge is 0.375 e. The van der Waals surface area contributed by atoms with Crippen molar-refractivity contribution in [3.8, 4) is 0 Å². The maximum atomic E-state index is 12.0. The largest absolute Gasteiger partial charge is 0.403 e. The van der Waals surface area contributed by atoms with Crippen molar-refractivity contribution in [1.29, 1.82) is 0 Å². The van der Waals surface area contributed by atoms with E-state index in [1.807, 2.05) is 18.2 Å². The number of alkyl halides is 4. The van der Waals surface area contributed by atoms with Gasteiger partial charge in [-0.1, -0.05) is 46.3 Å². The molecule has 1 rings (SSSR count). The van der Waals surface area contributed by atoms with Crippen LogP contribution >= 0.6 is 15.9 Å². The van der Waals surface area contributed by atoms with E-state index in [9.17, 15) is 13.2 Å². The minimum atomic E-state index is -4.25. The number of hydrogen-bond donors (Lipinski definition) is 0. The minimum Gasteiger partial charge on any atom is -0.375 e. The average molecular weight is 283 g/mol. The molecule has 0 aliphatic rings. The highest BCUT2D eigenvalue weighted by molar-refractivity contribution is 9.09. The molecular formula is C10H10BrF3O. The first-order chi connectivity index (χ1) is 7.00. The van der Waals surface area contributed by atoms with E-state index >= 15 is 0 Å². The standard InChI is InChI=1S/C10H10BrF3O/c11-9(10(12,13)14)7-15-6-8-4-2-1-3-5-8/h1-5,9H,6-7H2. The predicted octanol–water partition coefficient (Wildman–Crippen LogP) is 3.53. The highest BCUT2D eigenvalue weighted by atomic mass is 79.9. The summed E-state index contributed by atoms with van der Waals surface area (Å²) in [6.07, 6.45) is -4.25. The van der Waals surface area contributed by atoms with Gasteiger partial charge in [0.25, 0.3) is 0 Å². The molecule has 0 fully saturated rings. The van der Waals surface area contributed by atoms with Crippen molar-refractivity contribution in [2.75, 3.05) is 6.61 Å². The summed E-state index contributed by atoms with van der Waals surface area (Å²) in [5, 5.41) is 0. The summed E-state index contributed by atoms with van der Waals surface area (Å²) in [6.45, 7) is -0.183. The van der Waals surface area contributed by atoms with Crippen LogP contribution in [0.2, 0.25) is 0 Å². The molecule has 0 amide bonds. The average Bonchev–Trinajstić information content (AvgIpc) is 2.18. The summed E-state index contributed by atoms with van der Waals surface area (Å²) in [7, 11) is 0. The fourth-order valence-electron chi connectivity index (χ4n) is 0.949. The van der Waals surface area contributed by atoms with Gasteiger partial charge in [-0.05, 0) is 5.56 Å². The Balaban J connectivity index is 2.28. The van der Waals surface area contributed by atoms with E-state index < -0.39 is 11.0 Å². The molecule has 84 valence electrons. The van der Waals surface area contributed by atoms with Crippen LogP contribution in [0, 0.1) is 0 Å². The molecule has 0 spiro atoms. The second kappa shape index (κ2) is 5.51. The zero-order valence-electron chi connectivity index (χ0n) is 7.80. The van der Waals surface area contributed by atoms with Crippen molar-refractivity contribution >= 4 is 15.9 Å². The molecule has 15 heavy (non-hydrogen) atoms. The van der Waals surface area contributed by atoms with Gasteiger partial charge < -0.3 is 4.74 Å². The lowest BCUT2D eigenvalue weighted by molar-refractivity contribution is -0.138. The van der Waals surface area contributed by atoms with Crippen LogP contribution < -0.4 is 0 Å². The Morgan fingerprint density at radius 2 is 1.80 bits per heavy atom. The van der Waals surface area contributed by atoms with E-state index in [2.05, 4.69) is 15.9 Å². The van der Waals surface area contributed by atoms with Gasteiger partial charge >= 0.3 is 6.18 Å². The van der Waals surface area contributed by atoms with Crippen LogP contribution in [0.4, 0.5) is 13.2 Å². The Morgan fingerprint density at radius 1 is 1.20 bits per heavy atom. The van der Waals surface area contributed by atoms with Crippen molar-refractivity contribution in [3.63, 3.8) is 0 Å². The Labute approximate surface area is 94.4 Å². The van der Waals surface area contributed by atoms with Gasteiger partial charge in [0.1, 0.15) is 4.83 Å². The molecule has 0 heterocycles. The number of benzene rings is 1. The number of ether oxygens (including phenoxy) is 1. The van der Waals surface area contributed by atoms with Gasteiger partial charge in [0.15, 0.2) is 0 Å². The van der Waals surface area contributed by atoms with Crippen LogP contribution in [0.15, 0.2) is 30.3 Å². The molecule has 0 N–H and O–H groups in total. The molecule has 0 aliphatic carbocycles. The van der Waals surface area contributed by atoms with Gasteiger partial charge in [0, 0.05) is 0 Å². The first-order valence-corrected chi connectivity index (χ1v) is 5.24. The highest BCUT2D eigenvalue weighted by Crippen LogP contribution is 2.26. The van der Waals surface area contributed by atoms with E-state index in [4.69, 9.17) is 4.74 Å². The van der Waals surface area contributed by atoms with Crippen LogP contribution in [0.25, 0.3) is 0 Å². The molecular weight excluding hydrogens is 273 g/mol. The zero-order chi connectivity index (χ0) is 11.3. The molecule has 0 saturated carbocycles. The number of halogens is 4. The van der Waals surface area contributed by atoms with Gasteiger partial charge in [-0.3, -0.25) is 0 Å². The Kier molecular flexibility index (Phi) is 4.60. The molecule has 5 heteroatoms. The maximum Gasteiger partial charge on any atom is 0.403 e. The summed E-state index contributed by atoms with van der Waals surface area (Å²) in [5.41, 5.74) is 0.861. The van der Waals surface area contributed by atoms with Crippen molar-refractivity contribution in [2.24, 2.45) is 0 Å². The summed E-state index contributed by atoms with van der Waals surface area (Å²) >= 11 is 2.52. The van der Waals surface area contributed by atoms with E-state index in [-0.39, 0.29) is 13.2 Å². The lowest BCUT2D eigenvalue weighted by Crippen LogP contribution is -2.27. The van der Waals surface area contributed by atoms with E-state index in [1.54, 1.807) is 12.1 Å². The van der Waals surface area contributed by atoms with E-state index in [0.717, 1.165) is 5.56 Å². The Morgan fingerprint density at radius 3 is 2.33 bits per heavy atom. The van der Waals surface area contributed by atoms with Crippen LogP contribution in [-0.4, -0.2) is 17.6 Å². The SMILES string of the molecule is FC(F)(F)C(Br)COCc1ccccc1. The lowest BCUT2D eigenvalue weighted by atomic mass is 10.2. The van der Waals surface area contributed by atoms with Crippen molar-refractivity contribution in [3.05, 3.63) is 35.9 Å². The first-order valence-electron chi connectivity index (χ1n) is 4.32. The van der Waals surface area contributed by atoms with Crippen molar-refractivity contribution in [1.82, 2.24) is 0 Å². The van der Waals surface area contributed by atoms with Crippen molar-refractivity contribution in [2.45, 2.75) is 17.6 Å². The molecule has 0 aromatic heterocycles. The molecule has 0 radical (unpaired) electrons. The van der Waals surface area contributed by atoms with Crippen molar-refractivity contribution < 1.29 is 17.9 Å². The van der Waals surface area contributed by atoms with Gasteiger partial charge in [0.05, 0.1) is 13.2 Å². The third-order valence-electron chi connectivity index (χ3n) is 1.73. The Hall–Kier alpha value is -0.550. The van der Waals surface area contributed by atoms with Crippen LogP contribution in [0.5, 0.6) is 0 Å². The molecule has 1 aromatic carbocycles. The summed E-state index contributed by atoms with van der Waals surface area (Å²) < 4.78 is 41.1. The first kappa shape index (κ1) is 12.5. The third-order valence-corrected chi connectivity index (χ3v) is 2.51. The quantitative estimate of drug-likeness (QED) is 0.768. The van der Waals surface area contributed by atoms with Gasteiger partial charge in [0.2, 0.25) is 0 Å². The van der Waals surface area contributed by atoms with Gasteiger partial charge in [-0.15, -0.1) is 0 Å². The second-order valence-electron chi connectivity index (χ2n) is 3.01. The van der Waals surface area contributed by atoms with Crippen LogP contribution in [-0.2, 0) is 11.3 Å². The number of hydrogen-bond acceptors (Lipinski definition) is 1. The topological polar surface area (TPSA) is 9.23 Å². The third kappa shape index (κ3) is 4.66. The Bertz CT molecular complexity index is 286. The normalized spacial score (nSPS) is 13.9. The maximum absolute atomic E-state index is 12.0. The fraction of sp³-hybridized carbons (Fsp3) is 0.400. The second-order valence-corrected chi connectivity index (χ2v) is 4.12. The summed E-state index contributed by atoms with van der Waals surface area (Å²) in [5.74, 6) is 0. The summed E-state index contributed by atoms with van der Waals surface area (Å²) in [6, 6.07) is 9.07. The zero-order valence-corrected chi connectivity index (χ0v) is 9.38. The fourth-order valence-corrected chi connectivity index (χ4v) is 1.14. The number of rotatable bonds is 4. The minimum absolute atomic E-state index is 0.193. The van der Waals surface area contributed by atoms with Crippen LogP contribution in [0.1, 0.15) is 5.56 Å². The van der Waals surface area contributed by atoms with Crippen LogP contribution in [0.3, 0.4) is 0 Å².